The molecule has 154 valence electrons. The number of carbonyl (C=O) groups is 1. The van der Waals surface area contributed by atoms with Crippen LogP contribution in [0.25, 0.3) is 0 Å². The van der Waals surface area contributed by atoms with Gasteiger partial charge in [-0.05, 0) is 48.2 Å². The molecule has 0 bridgehead atoms. The lowest BCUT2D eigenvalue weighted by atomic mass is 9.93. The van der Waals surface area contributed by atoms with Gasteiger partial charge in [0, 0.05) is 11.9 Å². The third kappa shape index (κ3) is 5.17. The molecule has 0 radical (unpaired) electrons. The zero-order chi connectivity index (χ0) is 21.0. The molecular formula is C21H26FN4O2P. The number of aromatic nitrogens is 1. The molecule has 8 heteroatoms. The van der Waals surface area contributed by atoms with Crippen LogP contribution >= 0.6 is 9.24 Å². The van der Waals surface area contributed by atoms with E-state index in [2.05, 4.69) is 31.5 Å². The van der Waals surface area contributed by atoms with Crippen molar-refractivity contribution in [3.63, 3.8) is 0 Å². The zero-order valence-electron chi connectivity index (χ0n) is 16.6. The number of pyridine rings is 1. The van der Waals surface area contributed by atoms with Crippen molar-refractivity contribution in [2.24, 2.45) is 10.7 Å². The molecule has 0 fully saturated rings. The zero-order valence-corrected chi connectivity index (χ0v) is 17.8. The number of anilines is 1. The minimum atomic E-state index is -1.80. The Balaban J connectivity index is 1.96. The predicted molar refractivity (Wildman–Crippen MR) is 116 cm³/mol. The Morgan fingerprint density at radius 2 is 2.21 bits per heavy atom. The molecule has 3 unspecified atom stereocenters. The lowest BCUT2D eigenvalue weighted by molar-refractivity contribution is 0.0801. The minimum absolute atomic E-state index is 0.0925. The van der Waals surface area contributed by atoms with Gasteiger partial charge in [0.1, 0.15) is 24.2 Å². The smallest absolute Gasteiger partial charge is 0.274 e. The summed E-state index contributed by atoms with van der Waals surface area (Å²) in [7, 11) is 2.21. The first-order valence-electron chi connectivity index (χ1n) is 9.54. The van der Waals surface area contributed by atoms with Crippen LogP contribution in [0.1, 0.15) is 46.6 Å². The molecule has 3 N–H and O–H groups in total. The molecule has 1 aromatic carbocycles. The monoisotopic (exact) mass is 416 g/mol. The van der Waals surface area contributed by atoms with Crippen molar-refractivity contribution in [2.45, 2.75) is 38.1 Å². The standard InChI is InChI=1S/C21H26FN4O2P/c1-3-4-14-6-7-15(25-20(27)17-8-5-13(2)10-24-17)9-16(14)19-21(22,29)12-28-11-18(23)26-19/h5-10,19H,3-4,11-12,29H2,1-2H3,(H2,23,26)(H,25,27). The van der Waals surface area contributed by atoms with Crippen LogP contribution in [0.5, 0.6) is 0 Å². The number of aryl methyl sites for hydroxylation is 2. The lowest BCUT2D eigenvalue weighted by Gasteiger charge is -2.27. The van der Waals surface area contributed by atoms with Gasteiger partial charge in [0.05, 0.1) is 6.61 Å². The van der Waals surface area contributed by atoms with Gasteiger partial charge in [-0.2, -0.15) is 0 Å². The number of amides is 1. The van der Waals surface area contributed by atoms with Gasteiger partial charge < -0.3 is 15.8 Å². The van der Waals surface area contributed by atoms with Crippen LogP contribution in [-0.2, 0) is 11.2 Å². The van der Waals surface area contributed by atoms with Crippen molar-refractivity contribution in [1.29, 1.82) is 0 Å². The SMILES string of the molecule is CCCc1ccc(NC(=O)c2ccc(C)cn2)cc1C1N=C(N)COCC1(F)P. The predicted octanol–water partition coefficient (Wildman–Crippen LogP) is 3.56. The van der Waals surface area contributed by atoms with Gasteiger partial charge in [-0.3, -0.25) is 14.8 Å². The van der Waals surface area contributed by atoms with E-state index in [1.165, 1.54) is 0 Å². The Morgan fingerprint density at radius 3 is 2.90 bits per heavy atom. The fourth-order valence-corrected chi connectivity index (χ4v) is 3.62. The molecule has 1 aliphatic rings. The molecule has 2 aromatic rings. The number of carbonyl (C=O) groups excluding carboxylic acids is 1. The summed E-state index contributed by atoms with van der Waals surface area (Å²) < 4.78 is 20.7. The minimum Gasteiger partial charge on any atom is -0.386 e. The average molecular weight is 416 g/mol. The van der Waals surface area contributed by atoms with Gasteiger partial charge in [-0.15, -0.1) is 0 Å². The van der Waals surface area contributed by atoms with Crippen molar-refractivity contribution in [3.05, 3.63) is 58.9 Å². The van der Waals surface area contributed by atoms with Gasteiger partial charge in [0.15, 0.2) is 5.41 Å². The highest BCUT2D eigenvalue weighted by molar-refractivity contribution is 7.18. The Morgan fingerprint density at radius 1 is 1.41 bits per heavy atom. The van der Waals surface area contributed by atoms with Gasteiger partial charge >= 0.3 is 0 Å². The number of halogens is 1. The Hall–Kier alpha value is -2.37. The molecule has 6 nitrogen and oxygen atoms in total. The van der Waals surface area contributed by atoms with Crippen LogP contribution in [0.2, 0.25) is 0 Å². The van der Waals surface area contributed by atoms with Crippen molar-refractivity contribution in [2.75, 3.05) is 18.5 Å². The molecule has 0 saturated carbocycles. The summed E-state index contributed by atoms with van der Waals surface area (Å²) >= 11 is 0. The average Bonchev–Trinajstić information content (AvgIpc) is 2.81. The number of aliphatic imine (C=N–C) groups is 1. The second-order valence-electron chi connectivity index (χ2n) is 7.28. The fourth-order valence-electron chi connectivity index (χ4n) is 3.25. The number of hydrogen-bond donors (Lipinski definition) is 2. The summed E-state index contributed by atoms with van der Waals surface area (Å²) in [6, 6.07) is 8.12. The highest BCUT2D eigenvalue weighted by Crippen LogP contribution is 2.42. The molecule has 3 atom stereocenters. The number of nitrogens with one attached hydrogen (secondary N) is 1. The van der Waals surface area contributed by atoms with E-state index in [0.717, 1.165) is 24.0 Å². The summed E-state index contributed by atoms with van der Waals surface area (Å²) in [5, 5.41) is 1.04. The molecule has 0 aliphatic carbocycles. The second-order valence-corrected chi connectivity index (χ2v) is 8.24. The number of benzene rings is 1. The highest BCUT2D eigenvalue weighted by Gasteiger charge is 2.39. The molecule has 29 heavy (non-hydrogen) atoms. The van der Waals surface area contributed by atoms with Gasteiger partial charge in [-0.1, -0.05) is 34.7 Å². The van der Waals surface area contributed by atoms with Crippen LogP contribution < -0.4 is 11.1 Å². The van der Waals surface area contributed by atoms with Crippen molar-refractivity contribution < 1.29 is 13.9 Å². The van der Waals surface area contributed by atoms with Gasteiger partial charge in [0.2, 0.25) is 0 Å². The summed E-state index contributed by atoms with van der Waals surface area (Å²) in [6.07, 6.45) is 3.29. The van der Waals surface area contributed by atoms with Crippen LogP contribution in [0.3, 0.4) is 0 Å². The van der Waals surface area contributed by atoms with Crippen LogP contribution in [0.15, 0.2) is 41.5 Å². The van der Waals surface area contributed by atoms with Crippen molar-refractivity contribution >= 4 is 26.7 Å². The van der Waals surface area contributed by atoms with E-state index in [-0.39, 0.29) is 25.0 Å². The normalized spacial score (nSPS) is 21.9. The number of rotatable bonds is 5. The summed E-state index contributed by atoms with van der Waals surface area (Å²) in [6.45, 7) is 3.92. The molecule has 1 aromatic heterocycles. The van der Waals surface area contributed by atoms with E-state index in [0.29, 0.717) is 16.9 Å². The van der Waals surface area contributed by atoms with E-state index < -0.39 is 11.5 Å². The van der Waals surface area contributed by atoms with Crippen LogP contribution in [-0.4, -0.2) is 35.4 Å². The molecule has 0 saturated heterocycles. The second kappa shape index (κ2) is 8.97. The van der Waals surface area contributed by atoms with Crippen molar-refractivity contribution in [3.8, 4) is 0 Å². The molecule has 3 rings (SSSR count). The number of amidine groups is 1. The number of nitrogens with two attached hydrogens (primary N) is 1. The number of alkyl halides is 1. The molecule has 0 spiro atoms. The Labute approximate surface area is 172 Å². The molecule has 1 amide bonds. The molecule has 2 heterocycles. The van der Waals surface area contributed by atoms with Crippen LogP contribution in [0.4, 0.5) is 10.1 Å². The number of ether oxygens (including phenoxy) is 1. The quantitative estimate of drug-likeness (QED) is 0.730. The first-order chi connectivity index (χ1) is 13.8. The van der Waals surface area contributed by atoms with E-state index >= 15 is 4.39 Å². The highest BCUT2D eigenvalue weighted by atomic mass is 31.0. The summed E-state index contributed by atoms with van der Waals surface area (Å²) in [5.41, 5.74) is 9.37. The number of hydrogen-bond acceptors (Lipinski definition) is 5. The third-order valence-electron chi connectivity index (χ3n) is 4.68. The van der Waals surface area contributed by atoms with Gasteiger partial charge in [-0.25, -0.2) is 4.39 Å². The maximum Gasteiger partial charge on any atom is 0.274 e. The largest absolute Gasteiger partial charge is 0.386 e. The van der Waals surface area contributed by atoms with E-state index in [1.54, 1.807) is 18.3 Å². The maximum absolute atomic E-state index is 15.3. The Kier molecular flexibility index (Phi) is 6.60. The fraction of sp³-hybridized carbons (Fsp3) is 0.381. The van der Waals surface area contributed by atoms with E-state index in [1.807, 2.05) is 25.1 Å². The summed E-state index contributed by atoms with van der Waals surface area (Å²) in [4.78, 5) is 21.1. The molecule has 1 aliphatic heterocycles. The first kappa shape index (κ1) is 21.3. The third-order valence-corrected chi connectivity index (χ3v) is 5.17. The first-order valence-corrected chi connectivity index (χ1v) is 10.1. The molecular weight excluding hydrogens is 390 g/mol. The van der Waals surface area contributed by atoms with Crippen molar-refractivity contribution in [1.82, 2.24) is 4.98 Å². The van der Waals surface area contributed by atoms with E-state index in [4.69, 9.17) is 10.5 Å². The number of nitrogens with zero attached hydrogens (tertiary/aromatic N) is 2. The topological polar surface area (TPSA) is 89.6 Å². The van der Waals surface area contributed by atoms with E-state index in [9.17, 15) is 4.79 Å². The summed E-state index contributed by atoms with van der Waals surface area (Å²) in [5.74, 6) is -0.0819. The maximum atomic E-state index is 15.3. The van der Waals surface area contributed by atoms with Gasteiger partial charge in [0.25, 0.3) is 5.91 Å². The Bertz CT molecular complexity index is 915. The lowest BCUT2D eigenvalue weighted by Crippen LogP contribution is -2.28. The van der Waals surface area contributed by atoms with Crippen LogP contribution in [0, 0.1) is 6.92 Å².